The fourth-order valence-corrected chi connectivity index (χ4v) is 3.81. The number of aromatic nitrogens is 2. The molecular weight excluding hydrogens is 388 g/mol. The van der Waals surface area contributed by atoms with Crippen LogP contribution in [0.1, 0.15) is 38.1 Å². The zero-order valence-electron chi connectivity index (χ0n) is 17.8. The first kappa shape index (κ1) is 20.7. The lowest BCUT2D eigenvalue weighted by molar-refractivity contribution is -0.124. The minimum Gasteiger partial charge on any atom is -0.479 e. The number of carbonyl (C=O) groups excluding carboxylic acids is 1. The molecule has 0 spiro atoms. The van der Waals surface area contributed by atoms with Crippen LogP contribution in [0.4, 0.5) is 5.69 Å². The van der Waals surface area contributed by atoms with Gasteiger partial charge in [0.05, 0.1) is 11.3 Å². The zero-order valence-corrected chi connectivity index (χ0v) is 17.8. The molecule has 1 unspecified atom stereocenters. The highest BCUT2D eigenvalue weighted by molar-refractivity contribution is 5.95. The number of nitrogens with one attached hydrogen (secondary N) is 1. The third-order valence-electron chi connectivity index (χ3n) is 5.46. The second-order valence-corrected chi connectivity index (χ2v) is 8.15. The van der Waals surface area contributed by atoms with E-state index in [0.717, 1.165) is 30.0 Å². The number of nitriles is 1. The molecule has 0 saturated carbocycles. The van der Waals surface area contributed by atoms with Crippen LogP contribution in [0, 0.1) is 17.2 Å². The Morgan fingerprint density at radius 3 is 2.81 bits per heavy atom. The molecule has 0 radical (unpaired) electrons. The summed E-state index contributed by atoms with van der Waals surface area (Å²) in [5.74, 6) is 1.22. The van der Waals surface area contributed by atoms with Crippen molar-refractivity contribution in [1.82, 2.24) is 9.55 Å². The van der Waals surface area contributed by atoms with Gasteiger partial charge in [-0.1, -0.05) is 38.1 Å². The van der Waals surface area contributed by atoms with Crippen molar-refractivity contribution in [2.45, 2.75) is 45.8 Å². The Hall–Kier alpha value is -3.59. The highest BCUT2D eigenvalue weighted by Gasteiger charge is 2.25. The maximum atomic E-state index is 13.0. The molecule has 2 heterocycles. The molecule has 6 nitrogen and oxygen atoms in total. The van der Waals surface area contributed by atoms with Gasteiger partial charge in [-0.2, -0.15) is 5.26 Å². The van der Waals surface area contributed by atoms with Crippen molar-refractivity contribution >= 4 is 11.6 Å². The fraction of sp³-hybridized carbons (Fsp3) is 0.320. The van der Waals surface area contributed by atoms with Crippen LogP contribution in [0.3, 0.4) is 0 Å². The Bertz CT molecular complexity index is 1100. The normalized spacial score (nSPS) is 13.9. The fourth-order valence-electron chi connectivity index (χ4n) is 3.81. The summed E-state index contributed by atoms with van der Waals surface area (Å²) in [7, 11) is 0. The van der Waals surface area contributed by atoms with E-state index in [2.05, 4.69) is 22.1 Å². The number of nitrogens with zero attached hydrogens (tertiary/aromatic N) is 3. The molecule has 4 rings (SSSR count). The first-order valence-corrected chi connectivity index (χ1v) is 10.7. The number of fused-ring (bicyclic) bond motifs is 1. The molecule has 6 heteroatoms. The topological polar surface area (TPSA) is 79.9 Å². The summed E-state index contributed by atoms with van der Waals surface area (Å²) in [6, 6.07) is 16.8. The molecule has 3 aromatic rings. The minimum absolute atomic E-state index is 0.0743. The van der Waals surface area contributed by atoms with Gasteiger partial charge in [-0.25, -0.2) is 4.98 Å². The van der Waals surface area contributed by atoms with Gasteiger partial charge in [-0.3, -0.25) is 4.79 Å². The van der Waals surface area contributed by atoms with Crippen LogP contribution < -0.4 is 10.1 Å². The second-order valence-electron chi connectivity index (χ2n) is 8.15. The van der Waals surface area contributed by atoms with E-state index in [1.165, 1.54) is 12.8 Å². The molecule has 1 aromatic heterocycles. The number of hydrogen-bond acceptors (Lipinski definition) is 4. The number of aryl methyl sites for hydroxylation is 2. The van der Waals surface area contributed by atoms with Crippen LogP contribution in [0.25, 0.3) is 11.3 Å². The predicted octanol–water partition coefficient (Wildman–Crippen LogP) is 4.80. The first-order valence-electron chi connectivity index (χ1n) is 10.7. The van der Waals surface area contributed by atoms with Gasteiger partial charge in [-0.15, -0.1) is 0 Å². The highest BCUT2D eigenvalue weighted by Crippen LogP contribution is 2.26. The number of anilines is 1. The van der Waals surface area contributed by atoms with E-state index in [1.54, 1.807) is 24.3 Å². The summed E-state index contributed by atoms with van der Waals surface area (Å²) in [6.45, 7) is 4.85. The van der Waals surface area contributed by atoms with Gasteiger partial charge >= 0.3 is 0 Å². The lowest BCUT2D eigenvalue weighted by atomic mass is 10.1. The van der Waals surface area contributed by atoms with Crippen molar-refractivity contribution in [3.63, 3.8) is 0 Å². The molecule has 0 fully saturated rings. The summed E-state index contributed by atoms with van der Waals surface area (Å²) < 4.78 is 8.17. The number of amides is 1. The van der Waals surface area contributed by atoms with Crippen LogP contribution in [-0.2, 0) is 17.8 Å². The van der Waals surface area contributed by atoms with Crippen molar-refractivity contribution in [3.8, 4) is 23.1 Å². The Morgan fingerprint density at radius 2 is 2.03 bits per heavy atom. The molecule has 1 N–H and O–H groups in total. The quantitative estimate of drug-likeness (QED) is 0.628. The van der Waals surface area contributed by atoms with Gasteiger partial charge in [0.15, 0.2) is 6.10 Å². The third-order valence-corrected chi connectivity index (χ3v) is 5.46. The predicted molar refractivity (Wildman–Crippen MR) is 120 cm³/mol. The number of imidazole rings is 1. The number of rotatable bonds is 6. The summed E-state index contributed by atoms with van der Waals surface area (Å²) in [4.78, 5) is 17.8. The van der Waals surface area contributed by atoms with Gasteiger partial charge in [0.1, 0.15) is 17.6 Å². The lowest BCUT2D eigenvalue weighted by Crippen LogP contribution is -2.37. The largest absolute Gasteiger partial charge is 0.479 e. The smallest absolute Gasteiger partial charge is 0.265 e. The van der Waals surface area contributed by atoms with Crippen molar-refractivity contribution in [2.24, 2.45) is 5.92 Å². The van der Waals surface area contributed by atoms with Crippen molar-refractivity contribution in [2.75, 3.05) is 5.32 Å². The summed E-state index contributed by atoms with van der Waals surface area (Å²) >= 11 is 0. The Labute approximate surface area is 182 Å². The van der Waals surface area contributed by atoms with E-state index < -0.39 is 6.10 Å². The Kier molecular flexibility index (Phi) is 6.03. The van der Waals surface area contributed by atoms with Gasteiger partial charge in [0.25, 0.3) is 5.91 Å². The standard InChI is InChI=1S/C25H26N4O2/c1-17(2)24(31-22-11-4-3-8-19(22)15-26)25(30)27-20-10-7-9-18(14-20)21-16-29-13-6-5-12-23(29)28-21/h3-4,7-11,14,16-17,24H,5-6,12-13H2,1-2H3,(H,27,30). The van der Waals surface area contributed by atoms with E-state index in [1.807, 2.05) is 38.1 Å². The van der Waals surface area contributed by atoms with Crippen LogP contribution in [-0.4, -0.2) is 21.6 Å². The Morgan fingerprint density at radius 1 is 1.19 bits per heavy atom. The van der Waals surface area contributed by atoms with E-state index >= 15 is 0 Å². The molecule has 0 aliphatic carbocycles. The molecule has 158 valence electrons. The molecule has 1 aliphatic heterocycles. The highest BCUT2D eigenvalue weighted by atomic mass is 16.5. The minimum atomic E-state index is -0.724. The van der Waals surface area contributed by atoms with Crippen molar-refractivity contribution in [1.29, 1.82) is 5.26 Å². The van der Waals surface area contributed by atoms with Gasteiger partial charge in [0, 0.05) is 30.4 Å². The molecule has 2 aromatic carbocycles. The molecule has 1 aliphatic rings. The summed E-state index contributed by atoms with van der Waals surface area (Å²) in [5.41, 5.74) is 2.99. The van der Waals surface area contributed by atoms with E-state index in [0.29, 0.717) is 17.0 Å². The zero-order chi connectivity index (χ0) is 21.8. The van der Waals surface area contributed by atoms with E-state index in [9.17, 15) is 10.1 Å². The van der Waals surface area contributed by atoms with Gasteiger partial charge < -0.3 is 14.6 Å². The molecule has 31 heavy (non-hydrogen) atoms. The maximum absolute atomic E-state index is 13.0. The number of para-hydroxylation sites is 1. The summed E-state index contributed by atoms with van der Waals surface area (Å²) in [5, 5.41) is 12.3. The third kappa shape index (κ3) is 4.61. The molecular formula is C25H26N4O2. The van der Waals surface area contributed by atoms with Crippen molar-refractivity contribution in [3.05, 3.63) is 66.1 Å². The van der Waals surface area contributed by atoms with Crippen LogP contribution in [0.2, 0.25) is 0 Å². The first-order chi connectivity index (χ1) is 15.0. The van der Waals surface area contributed by atoms with E-state index in [4.69, 9.17) is 9.72 Å². The lowest BCUT2D eigenvalue weighted by Gasteiger charge is -2.22. The number of hydrogen-bond donors (Lipinski definition) is 1. The maximum Gasteiger partial charge on any atom is 0.265 e. The summed E-state index contributed by atoms with van der Waals surface area (Å²) in [6.07, 6.45) is 4.74. The molecule has 0 saturated heterocycles. The van der Waals surface area contributed by atoms with Crippen LogP contribution in [0.5, 0.6) is 5.75 Å². The van der Waals surface area contributed by atoms with Crippen LogP contribution >= 0.6 is 0 Å². The van der Waals surface area contributed by atoms with Gasteiger partial charge in [0.2, 0.25) is 0 Å². The monoisotopic (exact) mass is 414 g/mol. The van der Waals surface area contributed by atoms with Gasteiger partial charge in [-0.05, 0) is 43.0 Å². The number of benzene rings is 2. The number of carbonyl (C=O) groups is 1. The average molecular weight is 415 g/mol. The Balaban J connectivity index is 1.52. The average Bonchev–Trinajstić information content (AvgIpc) is 3.22. The number of ether oxygens (including phenoxy) is 1. The SMILES string of the molecule is CC(C)C(Oc1ccccc1C#N)C(=O)Nc1cccc(-c2cn3c(n2)CCCC3)c1. The van der Waals surface area contributed by atoms with Crippen LogP contribution in [0.15, 0.2) is 54.7 Å². The second kappa shape index (κ2) is 9.05. The van der Waals surface area contributed by atoms with Crippen molar-refractivity contribution < 1.29 is 9.53 Å². The molecule has 1 amide bonds. The molecule has 1 atom stereocenters. The van der Waals surface area contributed by atoms with E-state index in [-0.39, 0.29) is 11.8 Å². The molecule has 0 bridgehead atoms.